The average molecular weight is 251 g/mol. The second-order valence-electron chi connectivity index (χ2n) is 5.99. The van der Waals surface area contributed by atoms with E-state index in [4.69, 9.17) is 0 Å². The minimum Gasteiger partial charge on any atom is -0.371 e. The summed E-state index contributed by atoms with van der Waals surface area (Å²) >= 11 is 0. The maximum absolute atomic E-state index is 11.1. The Morgan fingerprint density at radius 3 is 2.21 bits per heavy atom. The first-order valence-electron chi connectivity index (χ1n) is 6.79. The highest BCUT2D eigenvalue weighted by Gasteiger charge is 2.50. The summed E-state index contributed by atoms with van der Waals surface area (Å²) in [5, 5.41) is 14.5. The normalized spacial score (nSPS) is 31.5. The van der Waals surface area contributed by atoms with Crippen LogP contribution in [0.5, 0.6) is 0 Å². The number of rotatable bonds is 0. The minimum atomic E-state index is -0.933. The van der Waals surface area contributed by atoms with Gasteiger partial charge in [0, 0.05) is 17.5 Å². The lowest BCUT2D eigenvalue weighted by Gasteiger charge is -2.27. The van der Waals surface area contributed by atoms with Gasteiger partial charge in [0.25, 0.3) is 0 Å². The standard InChI is InChI=1S/C17H17NO/c1-16-10-12-6-2-3-7-13(12)11-17(19,18-16)15-9-5-4-8-14(15)16/h2-9,18-19H,10-11H2,1H3. The van der Waals surface area contributed by atoms with Gasteiger partial charge in [-0.2, -0.15) is 0 Å². The second-order valence-corrected chi connectivity index (χ2v) is 5.99. The van der Waals surface area contributed by atoms with Crippen LogP contribution in [0, 0.1) is 0 Å². The third-order valence-electron chi connectivity index (χ3n) is 4.56. The lowest BCUT2D eigenvalue weighted by molar-refractivity contribution is -0.00613. The number of nitrogens with one attached hydrogen (secondary N) is 1. The van der Waals surface area contributed by atoms with Crippen LogP contribution in [0.2, 0.25) is 0 Å². The Bertz CT molecular complexity index is 610. The van der Waals surface area contributed by atoms with Crippen molar-refractivity contribution in [2.75, 3.05) is 0 Å². The number of benzene rings is 2. The summed E-state index contributed by atoms with van der Waals surface area (Å²) in [5.41, 5.74) is 3.73. The summed E-state index contributed by atoms with van der Waals surface area (Å²) in [6.07, 6.45) is 1.55. The zero-order chi connectivity index (χ0) is 13.1. The molecule has 2 heteroatoms. The molecule has 0 fully saturated rings. The molecule has 0 aliphatic carbocycles. The number of hydrogen-bond acceptors (Lipinski definition) is 2. The lowest BCUT2D eigenvalue weighted by atomic mass is 9.81. The fraction of sp³-hybridized carbons (Fsp3) is 0.294. The van der Waals surface area contributed by atoms with Crippen LogP contribution in [0.25, 0.3) is 0 Å². The van der Waals surface area contributed by atoms with Gasteiger partial charge in [0.2, 0.25) is 0 Å². The van der Waals surface area contributed by atoms with Crippen molar-refractivity contribution in [3.63, 3.8) is 0 Å². The summed E-state index contributed by atoms with van der Waals surface area (Å²) in [5.74, 6) is 0. The average Bonchev–Trinajstić information content (AvgIpc) is 2.53. The molecule has 0 saturated heterocycles. The monoisotopic (exact) mass is 251 g/mol. The molecule has 0 spiro atoms. The molecule has 19 heavy (non-hydrogen) atoms. The van der Waals surface area contributed by atoms with Gasteiger partial charge in [0.05, 0.1) is 0 Å². The Hall–Kier alpha value is -1.64. The maximum Gasteiger partial charge on any atom is 0.147 e. The summed E-state index contributed by atoms with van der Waals surface area (Å²) in [6.45, 7) is 2.19. The highest BCUT2D eigenvalue weighted by molar-refractivity contribution is 5.48. The zero-order valence-electron chi connectivity index (χ0n) is 11.0. The summed E-state index contributed by atoms with van der Waals surface area (Å²) < 4.78 is 0. The van der Waals surface area contributed by atoms with E-state index in [0.717, 1.165) is 12.0 Å². The molecule has 2 heterocycles. The molecule has 2 aromatic carbocycles. The molecule has 0 aromatic heterocycles. The predicted molar refractivity (Wildman–Crippen MR) is 74.7 cm³/mol. The van der Waals surface area contributed by atoms with Gasteiger partial charge in [-0.25, -0.2) is 0 Å². The molecule has 0 saturated carbocycles. The molecule has 2 aromatic rings. The van der Waals surface area contributed by atoms with Gasteiger partial charge in [-0.15, -0.1) is 0 Å². The van der Waals surface area contributed by atoms with Gasteiger partial charge < -0.3 is 5.11 Å². The fourth-order valence-electron chi connectivity index (χ4n) is 3.75. The van der Waals surface area contributed by atoms with E-state index in [1.807, 2.05) is 12.1 Å². The van der Waals surface area contributed by atoms with E-state index in [1.54, 1.807) is 0 Å². The smallest absolute Gasteiger partial charge is 0.147 e. The highest BCUT2D eigenvalue weighted by atomic mass is 16.3. The lowest BCUT2D eigenvalue weighted by Crippen LogP contribution is -2.46. The maximum atomic E-state index is 11.1. The Morgan fingerprint density at radius 2 is 1.47 bits per heavy atom. The van der Waals surface area contributed by atoms with E-state index in [0.29, 0.717) is 6.42 Å². The Balaban J connectivity index is 1.97. The van der Waals surface area contributed by atoms with Crippen LogP contribution in [0.1, 0.15) is 29.2 Å². The molecule has 2 unspecified atom stereocenters. The van der Waals surface area contributed by atoms with Crippen molar-refractivity contribution in [3.8, 4) is 0 Å². The largest absolute Gasteiger partial charge is 0.371 e. The quantitative estimate of drug-likeness (QED) is 0.754. The van der Waals surface area contributed by atoms with Crippen molar-refractivity contribution in [1.82, 2.24) is 5.32 Å². The molecule has 2 bridgehead atoms. The molecule has 2 atom stereocenters. The van der Waals surface area contributed by atoms with E-state index in [1.165, 1.54) is 16.7 Å². The predicted octanol–water partition coefficient (Wildman–Crippen LogP) is 2.45. The van der Waals surface area contributed by atoms with E-state index >= 15 is 0 Å². The van der Waals surface area contributed by atoms with Crippen molar-refractivity contribution < 1.29 is 5.11 Å². The third kappa shape index (κ3) is 1.44. The number of hydrogen-bond donors (Lipinski definition) is 2. The zero-order valence-corrected chi connectivity index (χ0v) is 11.0. The van der Waals surface area contributed by atoms with Gasteiger partial charge in [-0.1, -0.05) is 48.5 Å². The van der Waals surface area contributed by atoms with Crippen LogP contribution in [-0.2, 0) is 24.1 Å². The van der Waals surface area contributed by atoms with Crippen molar-refractivity contribution in [2.24, 2.45) is 0 Å². The molecule has 0 amide bonds. The van der Waals surface area contributed by atoms with Gasteiger partial charge in [0.1, 0.15) is 5.72 Å². The van der Waals surface area contributed by atoms with Crippen LogP contribution in [0.4, 0.5) is 0 Å². The van der Waals surface area contributed by atoms with Gasteiger partial charge in [0.15, 0.2) is 0 Å². The summed E-state index contributed by atoms with van der Waals surface area (Å²) in [4.78, 5) is 0. The molecule has 0 radical (unpaired) electrons. The highest BCUT2D eigenvalue weighted by Crippen LogP contribution is 2.46. The Kier molecular flexibility index (Phi) is 2.05. The van der Waals surface area contributed by atoms with Crippen LogP contribution in [0.15, 0.2) is 48.5 Å². The first-order valence-corrected chi connectivity index (χ1v) is 6.79. The van der Waals surface area contributed by atoms with Crippen LogP contribution in [-0.4, -0.2) is 5.11 Å². The van der Waals surface area contributed by atoms with Gasteiger partial charge in [-0.3, -0.25) is 5.32 Å². The first-order chi connectivity index (χ1) is 9.11. The van der Waals surface area contributed by atoms with E-state index in [2.05, 4.69) is 48.6 Å². The summed E-state index contributed by atoms with van der Waals surface area (Å²) in [7, 11) is 0. The van der Waals surface area contributed by atoms with Crippen LogP contribution in [0.3, 0.4) is 0 Å². The fourth-order valence-corrected chi connectivity index (χ4v) is 3.75. The minimum absolute atomic E-state index is 0.183. The van der Waals surface area contributed by atoms with Crippen LogP contribution >= 0.6 is 0 Å². The molecule has 2 nitrogen and oxygen atoms in total. The van der Waals surface area contributed by atoms with Crippen molar-refractivity contribution in [1.29, 1.82) is 0 Å². The Labute approximate surface area is 113 Å². The number of aliphatic hydroxyl groups is 1. The molecule has 4 rings (SSSR count). The van der Waals surface area contributed by atoms with Crippen molar-refractivity contribution in [3.05, 3.63) is 70.8 Å². The SMILES string of the molecule is CC12Cc3ccccc3CC(O)(N1)c1ccccc12. The topological polar surface area (TPSA) is 32.3 Å². The third-order valence-corrected chi connectivity index (χ3v) is 4.56. The van der Waals surface area contributed by atoms with Crippen molar-refractivity contribution >= 4 is 0 Å². The van der Waals surface area contributed by atoms with E-state index in [9.17, 15) is 5.11 Å². The van der Waals surface area contributed by atoms with Gasteiger partial charge >= 0.3 is 0 Å². The molecule has 2 aliphatic rings. The molecule has 2 aliphatic heterocycles. The molecular weight excluding hydrogens is 234 g/mol. The van der Waals surface area contributed by atoms with Gasteiger partial charge in [-0.05, 0) is 30.0 Å². The van der Waals surface area contributed by atoms with Crippen molar-refractivity contribution in [2.45, 2.75) is 31.0 Å². The number of fused-ring (bicyclic) bond motifs is 6. The molecule has 2 N–H and O–H groups in total. The molecule has 96 valence electrons. The molecular formula is C17H17NO. The van der Waals surface area contributed by atoms with E-state index in [-0.39, 0.29) is 5.54 Å². The first kappa shape index (κ1) is 11.2. The second kappa shape index (κ2) is 3.47. The Morgan fingerprint density at radius 1 is 0.895 bits per heavy atom. The van der Waals surface area contributed by atoms with Crippen LogP contribution < -0.4 is 5.32 Å². The summed E-state index contributed by atoms with van der Waals surface area (Å²) in [6, 6.07) is 16.7. The van der Waals surface area contributed by atoms with E-state index < -0.39 is 5.72 Å².